The number of H-pyrrole nitrogens is 1. The van der Waals surface area contributed by atoms with Crippen LogP contribution in [-0.4, -0.2) is 51.7 Å². The Kier molecular flexibility index (Phi) is 5.88. The van der Waals surface area contributed by atoms with E-state index < -0.39 is 24.1 Å². The second-order valence-electron chi connectivity index (χ2n) is 7.42. The van der Waals surface area contributed by atoms with Gasteiger partial charge >= 0.3 is 12.0 Å². The van der Waals surface area contributed by atoms with E-state index in [9.17, 15) is 14.7 Å². The average molecular weight is 420 g/mol. The van der Waals surface area contributed by atoms with Crippen LogP contribution in [0.1, 0.15) is 28.6 Å². The second kappa shape index (κ2) is 8.91. The molecule has 0 radical (unpaired) electrons. The molecule has 0 spiro atoms. The Morgan fingerprint density at radius 2 is 1.97 bits per heavy atom. The summed E-state index contributed by atoms with van der Waals surface area (Å²) in [6.07, 6.45) is 2.44. The Bertz CT molecular complexity index is 1050. The highest BCUT2D eigenvalue weighted by atomic mass is 16.5. The van der Waals surface area contributed by atoms with Crippen molar-refractivity contribution in [2.75, 3.05) is 13.7 Å². The molecule has 2 heterocycles. The molecule has 0 saturated carbocycles. The number of carbonyl (C=O) groups is 2. The predicted octanol–water partition coefficient (Wildman–Crippen LogP) is 2.77. The number of fused-ring (bicyclic) bond motifs is 1. The summed E-state index contributed by atoms with van der Waals surface area (Å²) >= 11 is 0. The van der Waals surface area contributed by atoms with E-state index in [0.29, 0.717) is 18.7 Å². The number of aliphatic carboxylic acids is 1. The Labute approximate surface area is 179 Å². The molecule has 1 aliphatic rings. The minimum absolute atomic E-state index is 0.205. The number of aromatic amines is 1. The number of rotatable bonds is 6. The lowest BCUT2D eigenvalue weighted by atomic mass is 9.96. The SMILES string of the molecule is COc1ccc(C2c3nc[nH]c3CCN2C(=O)N[C@@H](Cc2ccccc2)C(=O)O)cc1. The Morgan fingerprint density at radius 1 is 1.23 bits per heavy atom. The van der Waals surface area contributed by atoms with Gasteiger partial charge in [0.2, 0.25) is 0 Å². The van der Waals surface area contributed by atoms with Crippen molar-refractivity contribution in [3.8, 4) is 5.75 Å². The fraction of sp³-hybridized carbons (Fsp3) is 0.261. The number of carboxylic acids is 1. The summed E-state index contributed by atoms with van der Waals surface area (Å²) in [4.78, 5) is 34.3. The number of urea groups is 1. The largest absolute Gasteiger partial charge is 0.497 e. The molecule has 2 aromatic carbocycles. The molecule has 1 unspecified atom stereocenters. The van der Waals surface area contributed by atoms with Gasteiger partial charge in [-0.1, -0.05) is 42.5 Å². The number of nitrogens with one attached hydrogen (secondary N) is 2. The van der Waals surface area contributed by atoms with Crippen molar-refractivity contribution in [1.82, 2.24) is 20.2 Å². The number of hydrogen-bond donors (Lipinski definition) is 3. The lowest BCUT2D eigenvalue weighted by Gasteiger charge is -2.36. The molecule has 3 aromatic rings. The van der Waals surface area contributed by atoms with E-state index in [2.05, 4.69) is 15.3 Å². The number of ether oxygens (including phenoxy) is 1. The van der Waals surface area contributed by atoms with Crippen molar-refractivity contribution in [2.24, 2.45) is 0 Å². The molecule has 0 saturated heterocycles. The maximum Gasteiger partial charge on any atom is 0.326 e. The first-order valence-electron chi connectivity index (χ1n) is 10.1. The smallest absolute Gasteiger partial charge is 0.326 e. The molecule has 2 amide bonds. The van der Waals surface area contributed by atoms with Gasteiger partial charge in [-0.25, -0.2) is 14.6 Å². The first-order valence-corrected chi connectivity index (χ1v) is 10.1. The third-order valence-corrected chi connectivity index (χ3v) is 5.50. The van der Waals surface area contributed by atoms with Crippen LogP contribution < -0.4 is 10.1 Å². The highest BCUT2D eigenvalue weighted by Gasteiger charge is 2.35. The maximum absolute atomic E-state index is 13.2. The molecule has 3 N–H and O–H groups in total. The standard InChI is InChI=1S/C23H24N4O4/c1-31-17-9-7-16(8-10-17)21-20-18(24-14-25-20)11-12-27(21)23(30)26-19(22(28)29)13-15-5-3-2-4-6-15/h2-10,14,19,21H,11-13H2,1H3,(H,24,25)(H,26,30)(H,28,29)/t19-,21?/m0/s1. The van der Waals surface area contributed by atoms with E-state index in [1.807, 2.05) is 54.6 Å². The van der Waals surface area contributed by atoms with Crippen LogP contribution in [0.5, 0.6) is 5.75 Å². The van der Waals surface area contributed by atoms with Gasteiger partial charge in [0.1, 0.15) is 17.8 Å². The topological polar surface area (TPSA) is 108 Å². The molecule has 1 aliphatic heterocycles. The molecule has 8 heteroatoms. The summed E-state index contributed by atoms with van der Waals surface area (Å²) in [6.45, 7) is 0.440. The van der Waals surface area contributed by atoms with E-state index in [1.165, 1.54) is 0 Å². The van der Waals surface area contributed by atoms with Crippen molar-refractivity contribution in [3.63, 3.8) is 0 Å². The Balaban J connectivity index is 1.59. The molecule has 8 nitrogen and oxygen atoms in total. The first-order chi connectivity index (χ1) is 15.1. The van der Waals surface area contributed by atoms with Gasteiger partial charge < -0.3 is 25.0 Å². The monoisotopic (exact) mass is 420 g/mol. The van der Waals surface area contributed by atoms with Crippen molar-refractivity contribution < 1.29 is 19.4 Å². The van der Waals surface area contributed by atoms with Gasteiger partial charge in [0.15, 0.2) is 0 Å². The van der Waals surface area contributed by atoms with Crippen LogP contribution in [0.4, 0.5) is 4.79 Å². The summed E-state index contributed by atoms with van der Waals surface area (Å²) in [5, 5.41) is 12.4. The predicted molar refractivity (Wildman–Crippen MR) is 114 cm³/mol. The van der Waals surface area contributed by atoms with Gasteiger partial charge in [-0.15, -0.1) is 0 Å². The minimum Gasteiger partial charge on any atom is -0.497 e. The number of methoxy groups -OCH3 is 1. The number of nitrogens with zero attached hydrogens (tertiary/aromatic N) is 2. The van der Waals surface area contributed by atoms with E-state index in [-0.39, 0.29) is 6.42 Å². The first kappa shape index (κ1) is 20.5. The van der Waals surface area contributed by atoms with Gasteiger partial charge in [0, 0.05) is 25.1 Å². The van der Waals surface area contributed by atoms with Crippen LogP contribution in [0.3, 0.4) is 0 Å². The summed E-state index contributed by atoms with van der Waals surface area (Å²) < 4.78 is 5.24. The Morgan fingerprint density at radius 3 is 2.65 bits per heavy atom. The summed E-state index contributed by atoms with van der Waals surface area (Å²) in [5.74, 6) is -0.359. The zero-order chi connectivity index (χ0) is 21.8. The summed E-state index contributed by atoms with van der Waals surface area (Å²) in [6, 6.07) is 14.8. The van der Waals surface area contributed by atoms with Crippen molar-refractivity contribution in [3.05, 3.63) is 83.4 Å². The molecule has 0 fully saturated rings. The van der Waals surface area contributed by atoms with Gasteiger partial charge in [0.05, 0.1) is 19.1 Å². The van der Waals surface area contributed by atoms with E-state index >= 15 is 0 Å². The van der Waals surface area contributed by atoms with Crippen molar-refractivity contribution in [2.45, 2.75) is 24.9 Å². The van der Waals surface area contributed by atoms with E-state index in [0.717, 1.165) is 22.5 Å². The molecule has 1 aromatic heterocycles. The molecule has 0 aliphatic carbocycles. The van der Waals surface area contributed by atoms with Crippen LogP contribution >= 0.6 is 0 Å². The minimum atomic E-state index is -1.07. The third kappa shape index (κ3) is 4.37. The van der Waals surface area contributed by atoms with Gasteiger partial charge in [-0.3, -0.25) is 0 Å². The number of hydrogen-bond acceptors (Lipinski definition) is 4. The number of imidazole rings is 1. The highest BCUT2D eigenvalue weighted by molar-refractivity contribution is 5.83. The fourth-order valence-electron chi connectivity index (χ4n) is 3.90. The molecule has 2 atom stereocenters. The van der Waals surface area contributed by atoms with Gasteiger partial charge in [-0.2, -0.15) is 0 Å². The quantitative estimate of drug-likeness (QED) is 0.568. The normalized spacial score (nSPS) is 16.3. The second-order valence-corrected chi connectivity index (χ2v) is 7.42. The van der Waals surface area contributed by atoms with Crippen LogP contribution in [0.15, 0.2) is 60.9 Å². The van der Waals surface area contributed by atoms with E-state index in [4.69, 9.17) is 4.74 Å². The van der Waals surface area contributed by atoms with Crippen LogP contribution in [0.25, 0.3) is 0 Å². The lowest BCUT2D eigenvalue weighted by Crippen LogP contribution is -2.51. The number of carboxylic acid groups (broad SMARTS) is 1. The maximum atomic E-state index is 13.2. The van der Waals surface area contributed by atoms with Gasteiger partial charge in [-0.05, 0) is 23.3 Å². The van der Waals surface area contributed by atoms with Crippen LogP contribution in [-0.2, 0) is 17.6 Å². The lowest BCUT2D eigenvalue weighted by molar-refractivity contribution is -0.139. The zero-order valence-electron chi connectivity index (χ0n) is 17.1. The molecular weight excluding hydrogens is 396 g/mol. The third-order valence-electron chi connectivity index (χ3n) is 5.50. The molecular formula is C23H24N4O4. The number of amides is 2. The van der Waals surface area contributed by atoms with Gasteiger partial charge in [0.25, 0.3) is 0 Å². The molecule has 31 heavy (non-hydrogen) atoms. The number of benzene rings is 2. The van der Waals surface area contributed by atoms with E-state index in [1.54, 1.807) is 18.3 Å². The molecule has 0 bridgehead atoms. The van der Waals surface area contributed by atoms with Crippen molar-refractivity contribution >= 4 is 12.0 Å². The van der Waals surface area contributed by atoms with Crippen LogP contribution in [0.2, 0.25) is 0 Å². The fourth-order valence-corrected chi connectivity index (χ4v) is 3.90. The van der Waals surface area contributed by atoms with Crippen LogP contribution in [0, 0.1) is 0 Å². The molecule has 160 valence electrons. The van der Waals surface area contributed by atoms with Crippen molar-refractivity contribution in [1.29, 1.82) is 0 Å². The zero-order valence-corrected chi connectivity index (χ0v) is 17.1. The highest BCUT2D eigenvalue weighted by Crippen LogP contribution is 2.34. The molecule has 4 rings (SSSR count). The number of carbonyl (C=O) groups excluding carboxylic acids is 1. The summed E-state index contributed by atoms with van der Waals surface area (Å²) in [5.41, 5.74) is 3.46. The number of aromatic nitrogens is 2. The average Bonchev–Trinajstić information content (AvgIpc) is 3.27. The Hall–Kier alpha value is -3.81. The summed E-state index contributed by atoms with van der Waals surface area (Å²) in [7, 11) is 1.60.